The molecule has 1 aromatic carbocycles. The molecular formula is C15H17NO4S. The van der Waals surface area contributed by atoms with Crippen LogP contribution in [0.1, 0.15) is 22.3 Å². The Morgan fingerprint density at radius 3 is 2.38 bits per heavy atom. The van der Waals surface area contributed by atoms with E-state index in [1.807, 2.05) is 0 Å². The predicted molar refractivity (Wildman–Crippen MR) is 79.6 cm³/mol. The zero-order valence-electron chi connectivity index (χ0n) is 11.6. The van der Waals surface area contributed by atoms with Crippen LogP contribution in [0, 0.1) is 11.8 Å². The summed E-state index contributed by atoms with van der Waals surface area (Å²) >= 11 is 0. The van der Waals surface area contributed by atoms with Gasteiger partial charge in [-0.2, -0.15) is 0 Å². The van der Waals surface area contributed by atoms with Crippen molar-refractivity contribution in [2.75, 3.05) is 31.2 Å². The fraction of sp³-hybridized carbons (Fsp3) is 0.400. The Morgan fingerprint density at radius 2 is 1.81 bits per heavy atom. The van der Waals surface area contributed by atoms with Crippen LogP contribution in [0.5, 0.6) is 0 Å². The third kappa shape index (κ3) is 4.31. The molecule has 0 unspecified atom stereocenters. The molecule has 1 fully saturated rings. The minimum atomic E-state index is -2.98. The van der Waals surface area contributed by atoms with Gasteiger partial charge in [-0.15, -0.1) is 0 Å². The van der Waals surface area contributed by atoms with Crippen molar-refractivity contribution in [3.63, 3.8) is 0 Å². The highest BCUT2D eigenvalue weighted by atomic mass is 32.2. The fourth-order valence-electron chi connectivity index (χ4n) is 2.01. The summed E-state index contributed by atoms with van der Waals surface area (Å²) in [6.45, 7) is 0.528. The van der Waals surface area contributed by atoms with Gasteiger partial charge in [-0.05, 0) is 24.3 Å². The van der Waals surface area contributed by atoms with Crippen LogP contribution < -0.4 is 0 Å². The summed E-state index contributed by atoms with van der Waals surface area (Å²) in [6.07, 6.45) is 0.420. The smallest absolute Gasteiger partial charge is 0.253 e. The molecule has 0 radical (unpaired) electrons. The van der Waals surface area contributed by atoms with Gasteiger partial charge in [0.05, 0.1) is 18.1 Å². The molecule has 1 amide bonds. The molecule has 0 aliphatic carbocycles. The molecule has 0 saturated carbocycles. The molecule has 1 saturated heterocycles. The van der Waals surface area contributed by atoms with Crippen molar-refractivity contribution in [3.8, 4) is 11.8 Å². The molecule has 0 aromatic heterocycles. The largest absolute Gasteiger partial charge is 0.395 e. The minimum absolute atomic E-state index is 0.0292. The summed E-state index contributed by atoms with van der Waals surface area (Å²) in [5.74, 6) is 5.61. The molecule has 1 aromatic rings. The quantitative estimate of drug-likeness (QED) is 0.797. The van der Waals surface area contributed by atoms with E-state index in [9.17, 15) is 13.2 Å². The third-order valence-electron chi connectivity index (χ3n) is 3.23. The molecule has 5 nitrogen and oxygen atoms in total. The predicted octanol–water partition coefficient (Wildman–Crippen LogP) is 0.291. The first-order valence-corrected chi connectivity index (χ1v) is 8.53. The number of benzene rings is 1. The van der Waals surface area contributed by atoms with Crippen LogP contribution in [0.2, 0.25) is 0 Å². The molecule has 0 bridgehead atoms. The average molecular weight is 307 g/mol. The summed E-state index contributed by atoms with van der Waals surface area (Å²) in [5.41, 5.74) is 1.31. The summed E-state index contributed by atoms with van der Waals surface area (Å²) in [4.78, 5) is 13.8. The molecule has 2 rings (SSSR count). The number of carbonyl (C=O) groups is 1. The van der Waals surface area contributed by atoms with Crippen LogP contribution in [0.25, 0.3) is 0 Å². The molecule has 0 spiro atoms. The molecule has 1 N–H and O–H groups in total. The fourth-order valence-corrected chi connectivity index (χ4v) is 3.22. The molecule has 21 heavy (non-hydrogen) atoms. The lowest BCUT2D eigenvalue weighted by atomic mass is 10.1. The van der Waals surface area contributed by atoms with Crippen molar-refractivity contribution >= 4 is 15.7 Å². The monoisotopic (exact) mass is 307 g/mol. The zero-order valence-corrected chi connectivity index (χ0v) is 12.4. The third-order valence-corrected chi connectivity index (χ3v) is 4.84. The highest BCUT2D eigenvalue weighted by Crippen LogP contribution is 2.11. The number of sulfone groups is 1. The van der Waals surface area contributed by atoms with Crippen molar-refractivity contribution in [1.29, 1.82) is 0 Å². The van der Waals surface area contributed by atoms with Gasteiger partial charge in [0.25, 0.3) is 5.91 Å². The van der Waals surface area contributed by atoms with Gasteiger partial charge in [0.1, 0.15) is 0 Å². The first-order chi connectivity index (χ1) is 10.0. The maximum Gasteiger partial charge on any atom is 0.253 e. The SMILES string of the molecule is O=C(c1ccc(C#CCCO)cc1)N1CCS(=O)(=O)CC1. The number of carbonyl (C=O) groups excluding carboxylic acids is 1. The van der Waals surface area contributed by atoms with Crippen LogP contribution in [-0.4, -0.2) is 55.5 Å². The van der Waals surface area contributed by atoms with E-state index >= 15 is 0 Å². The van der Waals surface area contributed by atoms with Crippen molar-refractivity contribution in [2.45, 2.75) is 6.42 Å². The van der Waals surface area contributed by atoms with Crippen LogP contribution >= 0.6 is 0 Å². The Morgan fingerprint density at radius 1 is 1.19 bits per heavy atom. The highest BCUT2D eigenvalue weighted by Gasteiger charge is 2.25. The summed E-state index contributed by atoms with van der Waals surface area (Å²) in [7, 11) is -2.98. The van der Waals surface area contributed by atoms with Gasteiger partial charge in [-0.3, -0.25) is 4.79 Å². The van der Waals surface area contributed by atoms with Gasteiger partial charge in [0.2, 0.25) is 0 Å². The van der Waals surface area contributed by atoms with Crippen molar-refractivity contribution < 1.29 is 18.3 Å². The zero-order chi connectivity index (χ0) is 15.3. The second-order valence-corrected chi connectivity index (χ2v) is 7.10. The summed E-state index contributed by atoms with van der Waals surface area (Å²) < 4.78 is 22.7. The van der Waals surface area contributed by atoms with Gasteiger partial charge in [0, 0.05) is 30.6 Å². The van der Waals surface area contributed by atoms with Crippen molar-refractivity contribution in [2.24, 2.45) is 0 Å². The van der Waals surface area contributed by atoms with Crippen molar-refractivity contribution in [3.05, 3.63) is 35.4 Å². The number of nitrogens with zero attached hydrogens (tertiary/aromatic N) is 1. The standard InChI is InChI=1S/C15H17NO4S/c17-10-2-1-3-13-4-6-14(7-5-13)15(18)16-8-11-21(19,20)12-9-16/h4-7,17H,2,8-12H2. The minimum Gasteiger partial charge on any atom is -0.395 e. The topological polar surface area (TPSA) is 74.7 Å². The van der Waals surface area contributed by atoms with Gasteiger partial charge < -0.3 is 10.0 Å². The van der Waals surface area contributed by atoms with Gasteiger partial charge >= 0.3 is 0 Å². The number of aliphatic hydroxyl groups is 1. The van der Waals surface area contributed by atoms with Crippen LogP contribution in [0.3, 0.4) is 0 Å². The lowest BCUT2D eigenvalue weighted by molar-refractivity contribution is 0.0770. The molecule has 0 atom stereocenters. The van der Waals surface area contributed by atoms with Gasteiger partial charge in [-0.1, -0.05) is 11.8 Å². The Labute approximate surface area is 124 Å². The first kappa shape index (κ1) is 15.5. The maximum atomic E-state index is 12.2. The summed E-state index contributed by atoms with van der Waals surface area (Å²) in [5, 5.41) is 8.65. The van der Waals surface area contributed by atoms with E-state index in [1.54, 1.807) is 29.2 Å². The highest BCUT2D eigenvalue weighted by molar-refractivity contribution is 7.91. The van der Waals surface area contributed by atoms with Crippen LogP contribution in [-0.2, 0) is 9.84 Å². The maximum absolute atomic E-state index is 12.2. The Bertz CT molecular complexity index is 654. The molecular weight excluding hydrogens is 290 g/mol. The average Bonchev–Trinajstić information content (AvgIpc) is 2.48. The van der Waals surface area contributed by atoms with Gasteiger partial charge in [-0.25, -0.2) is 8.42 Å². The Balaban J connectivity index is 2.02. The van der Waals surface area contributed by atoms with Crippen LogP contribution in [0.4, 0.5) is 0 Å². The Kier molecular flexibility index (Phi) is 4.99. The lowest BCUT2D eigenvalue weighted by Crippen LogP contribution is -2.43. The van der Waals surface area contributed by atoms with Crippen LogP contribution in [0.15, 0.2) is 24.3 Å². The number of hydrogen-bond acceptors (Lipinski definition) is 4. The molecule has 1 heterocycles. The number of amides is 1. The van der Waals surface area contributed by atoms with E-state index in [1.165, 1.54) is 0 Å². The Hall–Kier alpha value is -1.84. The molecule has 1 aliphatic heterocycles. The second-order valence-electron chi connectivity index (χ2n) is 4.80. The van der Waals surface area contributed by atoms with E-state index in [0.29, 0.717) is 12.0 Å². The summed E-state index contributed by atoms with van der Waals surface area (Å²) in [6, 6.07) is 6.87. The number of rotatable bonds is 2. The van der Waals surface area contributed by atoms with E-state index in [0.717, 1.165) is 5.56 Å². The van der Waals surface area contributed by atoms with Gasteiger partial charge in [0.15, 0.2) is 9.84 Å². The van der Waals surface area contributed by atoms with Crippen molar-refractivity contribution in [1.82, 2.24) is 4.90 Å². The molecule has 6 heteroatoms. The molecule has 112 valence electrons. The first-order valence-electron chi connectivity index (χ1n) is 6.71. The normalized spacial score (nSPS) is 16.9. The van der Waals surface area contributed by atoms with E-state index in [2.05, 4.69) is 11.8 Å². The van der Waals surface area contributed by atoms with E-state index in [4.69, 9.17) is 5.11 Å². The molecule has 1 aliphatic rings. The van der Waals surface area contributed by atoms with E-state index in [-0.39, 0.29) is 37.1 Å². The number of hydrogen-bond donors (Lipinski definition) is 1. The number of aliphatic hydroxyl groups excluding tert-OH is 1. The lowest BCUT2D eigenvalue weighted by Gasteiger charge is -2.26. The second kappa shape index (κ2) is 6.74. The van der Waals surface area contributed by atoms with E-state index < -0.39 is 9.84 Å².